The second-order valence-corrected chi connectivity index (χ2v) is 5.96. The van der Waals surface area contributed by atoms with E-state index in [4.69, 9.17) is 23.2 Å². The van der Waals surface area contributed by atoms with Crippen LogP contribution in [0.4, 0.5) is 0 Å². The molecule has 1 rings (SSSR count). The highest BCUT2D eigenvalue weighted by atomic mass is 35.5. The predicted octanol–water partition coefficient (Wildman–Crippen LogP) is 2.20. The van der Waals surface area contributed by atoms with Crippen LogP contribution in [-0.2, 0) is 10.0 Å². The van der Waals surface area contributed by atoms with Crippen LogP contribution in [-0.4, -0.2) is 25.7 Å². The first-order valence-corrected chi connectivity index (χ1v) is 7.20. The normalized spacial score (nSPS) is 12.7. The van der Waals surface area contributed by atoms with Gasteiger partial charge < -0.3 is 0 Å². The molecule has 3 nitrogen and oxygen atoms in total. The number of rotatable bonds is 5. The van der Waals surface area contributed by atoms with Gasteiger partial charge in [-0.05, 0) is 19.1 Å². The van der Waals surface area contributed by atoms with Crippen LogP contribution in [0.1, 0.15) is 6.92 Å². The third kappa shape index (κ3) is 3.35. The first-order chi connectivity index (χ1) is 7.43. The molecule has 0 aliphatic heterocycles. The summed E-state index contributed by atoms with van der Waals surface area (Å²) in [6.07, 6.45) is 0. The van der Waals surface area contributed by atoms with Gasteiger partial charge in [0.25, 0.3) is 0 Å². The van der Waals surface area contributed by atoms with E-state index in [2.05, 4.69) is 4.72 Å². The lowest BCUT2D eigenvalue weighted by molar-refractivity contribution is 0.500. The van der Waals surface area contributed by atoms with Gasteiger partial charge in [-0.25, -0.2) is 13.1 Å². The standard InChI is InChI=1S/C10H13Cl2NO2S/c1-10(7-11,8-12)13-16(14,15)9-5-3-2-4-6-9/h2-6,13H,7-8H2,1H3. The van der Waals surface area contributed by atoms with Gasteiger partial charge in [-0.2, -0.15) is 0 Å². The van der Waals surface area contributed by atoms with Gasteiger partial charge in [-0.15, -0.1) is 23.2 Å². The molecule has 1 aromatic rings. The Labute approximate surface area is 106 Å². The summed E-state index contributed by atoms with van der Waals surface area (Å²) in [5, 5.41) is 0. The fourth-order valence-corrected chi connectivity index (χ4v) is 3.08. The van der Waals surface area contributed by atoms with Crippen LogP contribution in [0.2, 0.25) is 0 Å². The molecular formula is C10H13Cl2NO2S. The molecule has 0 spiro atoms. The van der Waals surface area contributed by atoms with Crippen LogP contribution >= 0.6 is 23.2 Å². The average molecular weight is 282 g/mol. The SMILES string of the molecule is CC(CCl)(CCl)NS(=O)(=O)c1ccccc1. The Balaban J connectivity index is 2.97. The molecule has 0 bridgehead atoms. The molecule has 0 unspecified atom stereocenters. The van der Waals surface area contributed by atoms with Crippen molar-refractivity contribution in [3.05, 3.63) is 30.3 Å². The van der Waals surface area contributed by atoms with E-state index < -0.39 is 15.6 Å². The molecule has 0 aliphatic carbocycles. The van der Waals surface area contributed by atoms with Crippen molar-refractivity contribution in [3.8, 4) is 0 Å². The van der Waals surface area contributed by atoms with Crippen LogP contribution in [0.5, 0.6) is 0 Å². The minimum Gasteiger partial charge on any atom is -0.207 e. The second-order valence-electron chi connectivity index (χ2n) is 3.75. The van der Waals surface area contributed by atoms with Crippen LogP contribution in [0.3, 0.4) is 0 Å². The topological polar surface area (TPSA) is 46.2 Å². The van der Waals surface area contributed by atoms with Gasteiger partial charge in [0, 0.05) is 11.8 Å². The smallest absolute Gasteiger partial charge is 0.207 e. The number of alkyl halides is 2. The maximum atomic E-state index is 11.9. The van der Waals surface area contributed by atoms with Crippen molar-refractivity contribution < 1.29 is 8.42 Å². The highest BCUT2D eigenvalue weighted by molar-refractivity contribution is 7.89. The molecule has 0 saturated heterocycles. The molecule has 0 aromatic heterocycles. The number of halogens is 2. The van der Waals surface area contributed by atoms with Crippen molar-refractivity contribution in [1.82, 2.24) is 4.72 Å². The molecular weight excluding hydrogens is 269 g/mol. The van der Waals surface area contributed by atoms with Crippen LogP contribution in [0, 0.1) is 0 Å². The highest BCUT2D eigenvalue weighted by Crippen LogP contribution is 2.15. The minimum atomic E-state index is -3.56. The van der Waals surface area contributed by atoms with Crippen molar-refractivity contribution in [3.63, 3.8) is 0 Å². The van der Waals surface area contributed by atoms with Crippen molar-refractivity contribution in [2.45, 2.75) is 17.4 Å². The average Bonchev–Trinajstić information content (AvgIpc) is 2.29. The monoisotopic (exact) mass is 281 g/mol. The molecule has 0 atom stereocenters. The fraction of sp³-hybridized carbons (Fsp3) is 0.400. The number of hydrogen-bond donors (Lipinski definition) is 1. The van der Waals surface area contributed by atoms with E-state index in [0.29, 0.717) is 0 Å². The molecule has 1 N–H and O–H groups in total. The first-order valence-electron chi connectivity index (χ1n) is 4.64. The van der Waals surface area contributed by atoms with Crippen LogP contribution < -0.4 is 4.72 Å². The Bertz CT molecular complexity index is 429. The first kappa shape index (κ1) is 13.8. The predicted molar refractivity (Wildman–Crippen MR) is 66.6 cm³/mol. The van der Waals surface area contributed by atoms with Crippen molar-refractivity contribution in [1.29, 1.82) is 0 Å². The van der Waals surface area contributed by atoms with Gasteiger partial charge in [-0.3, -0.25) is 0 Å². The van der Waals surface area contributed by atoms with Gasteiger partial charge >= 0.3 is 0 Å². The molecule has 0 saturated carbocycles. The minimum absolute atomic E-state index is 0.114. The van der Waals surface area contributed by atoms with E-state index in [-0.39, 0.29) is 16.7 Å². The quantitative estimate of drug-likeness (QED) is 0.842. The summed E-state index contributed by atoms with van der Waals surface area (Å²) in [5.74, 6) is 0.227. The Morgan fingerprint density at radius 3 is 2.12 bits per heavy atom. The molecule has 6 heteroatoms. The number of hydrogen-bond acceptors (Lipinski definition) is 2. The lowest BCUT2D eigenvalue weighted by atomic mass is 10.1. The molecule has 0 fully saturated rings. The summed E-state index contributed by atoms with van der Waals surface area (Å²) < 4.78 is 26.4. The highest BCUT2D eigenvalue weighted by Gasteiger charge is 2.28. The van der Waals surface area contributed by atoms with Gasteiger partial charge in [-0.1, -0.05) is 18.2 Å². The zero-order valence-electron chi connectivity index (χ0n) is 8.78. The molecule has 0 amide bonds. The Hall–Kier alpha value is -0.290. The summed E-state index contributed by atoms with van der Waals surface area (Å²) in [6.45, 7) is 1.66. The van der Waals surface area contributed by atoms with Crippen LogP contribution in [0.25, 0.3) is 0 Å². The zero-order valence-corrected chi connectivity index (χ0v) is 11.1. The Kier molecular flexibility index (Phi) is 4.62. The molecule has 0 radical (unpaired) electrons. The molecule has 0 heterocycles. The van der Waals surface area contributed by atoms with Crippen LogP contribution in [0.15, 0.2) is 35.2 Å². The van der Waals surface area contributed by atoms with Gasteiger partial charge in [0.05, 0.1) is 10.4 Å². The zero-order chi connectivity index (χ0) is 12.2. The molecule has 16 heavy (non-hydrogen) atoms. The lowest BCUT2D eigenvalue weighted by Crippen LogP contribution is -2.49. The lowest BCUT2D eigenvalue weighted by Gasteiger charge is -2.25. The molecule has 0 aliphatic rings. The Morgan fingerprint density at radius 1 is 1.19 bits per heavy atom. The number of sulfonamides is 1. The summed E-state index contributed by atoms with van der Waals surface area (Å²) in [5.41, 5.74) is -0.836. The summed E-state index contributed by atoms with van der Waals surface area (Å²) >= 11 is 11.4. The maximum Gasteiger partial charge on any atom is 0.241 e. The van der Waals surface area contributed by atoms with Crippen molar-refractivity contribution in [2.24, 2.45) is 0 Å². The van der Waals surface area contributed by atoms with E-state index in [0.717, 1.165) is 0 Å². The summed E-state index contributed by atoms with van der Waals surface area (Å²) in [4.78, 5) is 0.205. The van der Waals surface area contributed by atoms with Gasteiger partial charge in [0.1, 0.15) is 0 Å². The Morgan fingerprint density at radius 2 is 1.69 bits per heavy atom. The fourth-order valence-electron chi connectivity index (χ4n) is 1.07. The van der Waals surface area contributed by atoms with E-state index >= 15 is 0 Å². The van der Waals surface area contributed by atoms with E-state index in [1.807, 2.05) is 0 Å². The van der Waals surface area contributed by atoms with Crippen molar-refractivity contribution >= 4 is 33.2 Å². The van der Waals surface area contributed by atoms with E-state index in [1.165, 1.54) is 12.1 Å². The molecule has 90 valence electrons. The third-order valence-electron chi connectivity index (χ3n) is 2.02. The summed E-state index contributed by atoms with van der Waals surface area (Å²) in [6, 6.07) is 8.11. The maximum absolute atomic E-state index is 11.9. The van der Waals surface area contributed by atoms with Gasteiger partial charge in [0.15, 0.2) is 0 Å². The third-order valence-corrected chi connectivity index (χ3v) is 4.86. The largest absolute Gasteiger partial charge is 0.241 e. The van der Waals surface area contributed by atoms with Gasteiger partial charge in [0.2, 0.25) is 10.0 Å². The van der Waals surface area contributed by atoms with Crippen molar-refractivity contribution in [2.75, 3.05) is 11.8 Å². The van der Waals surface area contributed by atoms with E-state index in [9.17, 15) is 8.42 Å². The second kappa shape index (κ2) is 5.36. The number of benzene rings is 1. The number of nitrogens with one attached hydrogen (secondary N) is 1. The van der Waals surface area contributed by atoms with E-state index in [1.54, 1.807) is 25.1 Å². The molecule has 1 aromatic carbocycles. The summed E-state index contributed by atoms with van der Waals surface area (Å²) in [7, 11) is -3.56.